The van der Waals surface area contributed by atoms with Crippen molar-refractivity contribution < 1.29 is 38.4 Å². The van der Waals surface area contributed by atoms with Crippen molar-refractivity contribution in [2.75, 3.05) is 21.2 Å². The molecule has 0 bridgehead atoms. The number of para-hydroxylation sites is 4. The molecule has 1 aromatic heterocycles. The summed E-state index contributed by atoms with van der Waals surface area (Å²) >= 11 is 0. The number of hydrogen-bond acceptors (Lipinski definition) is 6. The Morgan fingerprint density at radius 2 is 1.65 bits per heavy atom. The van der Waals surface area contributed by atoms with Crippen molar-refractivity contribution in [1.82, 2.24) is 4.98 Å². The normalized spacial score (nSPS) is 20.4. The molecule has 0 fully saturated rings. The van der Waals surface area contributed by atoms with Gasteiger partial charge >= 0.3 is 6.01 Å². The number of oxazole rings is 1. The van der Waals surface area contributed by atoms with Crippen molar-refractivity contribution in [3.05, 3.63) is 181 Å². The van der Waals surface area contributed by atoms with Gasteiger partial charge in [0.2, 0.25) is 0 Å². The van der Waals surface area contributed by atoms with Crippen molar-refractivity contribution >= 4 is 45.4 Å². The number of benzene rings is 5. The first-order valence-corrected chi connectivity index (χ1v) is 18.2. The third kappa shape index (κ3) is 6.33. The van der Waals surface area contributed by atoms with E-state index in [1.54, 1.807) is 30.3 Å². The molecule has 10 rings (SSSR count). The van der Waals surface area contributed by atoms with Crippen LogP contribution in [0.3, 0.4) is 0 Å². The second-order valence-electron chi connectivity index (χ2n) is 14.0. The Morgan fingerprint density at radius 1 is 0.855 bits per heavy atom. The van der Waals surface area contributed by atoms with Gasteiger partial charge in [-0.15, -0.1) is 48.3 Å². The van der Waals surface area contributed by atoms with E-state index in [9.17, 15) is 0 Å². The van der Waals surface area contributed by atoms with Gasteiger partial charge in [0.05, 0.1) is 0 Å². The van der Waals surface area contributed by atoms with Crippen LogP contribution >= 0.6 is 0 Å². The van der Waals surface area contributed by atoms with E-state index in [0.717, 1.165) is 41.9 Å². The fourth-order valence-electron chi connectivity index (χ4n) is 7.98. The second kappa shape index (κ2) is 14.2. The molecule has 0 amide bonds. The number of anilines is 5. The molecule has 2 aliphatic carbocycles. The molecule has 55 heavy (non-hydrogen) atoms. The van der Waals surface area contributed by atoms with Crippen LogP contribution in [0.1, 0.15) is 52.3 Å². The Kier molecular flexibility index (Phi) is 7.46. The van der Waals surface area contributed by atoms with Crippen LogP contribution in [0.15, 0.2) is 155 Å². The fourth-order valence-corrected chi connectivity index (χ4v) is 7.98. The van der Waals surface area contributed by atoms with Gasteiger partial charge in [-0.2, -0.15) is 17.1 Å². The van der Waals surface area contributed by atoms with Gasteiger partial charge in [-0.05, 0) is 60.1 Å². The van der Waals surface area contributed by atoms with Gasteiger partial charge in [0, 0.05) is 70.3 Å². The van der Waals surface area contributed by atoms with Crippen LogP contribution in [0.4, 0.5) is 28.8 Å². The van der Waals surface area contributed by atoms with Crippen LogP contribution < -0.4 is 19.4 Å². The Morgan fingerprint density at radius 3 is 2.47 bits per heavy atom. The van der Waals surface area contributed by atoms with Gasteiger partial charge in [-0.1, -0.05) is 110 Å². The van der Waals surface area contributed by atoms with E-state index in [2.05, 4.69) is 106 Å². The summed E-state index contributed by atoms with van der Waals surface area (Å²) in [6.07, 6.45) is 14.1. The van der Waals surface area contributed by atoms with E-state index < -0.39 is 25.7 Å². The zero-order valence-electron chi connectivity index (χ0n) is 35.7. The van der Waals surface area contributed by atoms with E-state index in [-0.39, 0.29) is 50.0 Å². The quantitative estimate of drug-likeness (QED) is 0.149. The Labute approximate surface area is 345 Å². The number of hydrogen-bond donors (Lipinski definition) is 0. The van der Waals surface area contributed by atoms with E-state index in [1.807, 2.05) is 30.3 Å². The van der Waals surface area contributed by atoms with Crippen LogP contribution in [-0.2, 0) is 26.5 Å². The average Bonchev–Trinajstić information content (AvgIpc) is 3.97. The molecule has 6 aromatic rings. The predicted molar refractivity (Wildman–Crippen MR) is 217 cm³/mol. The molecule has 0 radical (unpaired) electrons. The minimum absolute atomic E-state index is 0. The average molecular weight is 905 g/mol. The SMILES string of the molecule is [2H]C([2H])([2H])C1(C([2H])([2H])[2H])CN(c2nc3ccccc3o2)c2[c-]c(Oc3[c-]c(N4[CH-]N(C5=C(c6ccccc6)C=CC[C@@H]5C5=CC=CCC5)c5ccccc54)ccc3)ccc21.[Pt]. The summed E-state index contributed by atoms with van der Waals surface area (Å²) in [6.45, 7) is -4.10. The number of fused-ring (bicyclic) bond motifs is 3. The molecular formula is C48H39N4O2Pt-3. The third-order valence-electron chi connectivity index (χ3n) is 10.5. The van der Waals surface area contributed by atoms with E-state index in [4.69, 9.17) is 17.4 Å². The van der Waals surface area contributed by atoms with E-state index in [1.165, 1.54) is 27.8 Å². The van der Waals surface area contributed by atoms with Crippen molar-refractivity contribution in [1.29, 1.82) is 0 Å². The summed E-state index contributed by atoms with van der Waals surface area (Å²) in [5.74, 6) is 0.808. The Balaban J connectivity index is 0.00000476. The molecule has 3 heterocycles. The topological polar surface area (TPSA) is 45.0 Å². The van der Waals surface area contributed by atoms with Gasteiger partial charge in [-0.25, -0.2) is 0 Å². The van der Waals surface area contributed by atoms with Crippen molar-refractivity contribution in [2.45, 2.75) is 38.4 Å². The molecule has 276 valence electrons. The number of allylic oxidation sites excluding steroid dienone is 7. The molecule has 2 aliphatic heterocycles. The molecule has 6 nitrogen and oxygen atoms in total. The Hall–Kier alpha value is -5.58. The second-order valence-corrected chi connectivity index (χ2v) is 14.0. The molecule has 1 atom stereocenters. The summed E-state index contributed by atoms with van der Waals surface area (Å²) in [6, 6.07) is 41.5. The summed E-state index contributed by atoms with van der Waals surface area (Å²) < 4.78 is 63.7. The van der Waals surface area contributed by atoms with Gasteiger partial charge in [0.1, 0.15) is 5.52 Å². The monoisotopic (exact) mass is 904 g/mol. The van der Waals surface area contributed by atoms with Crippen LogP contribution in [-0.4, -0.2) is 11.5 Å². The van der Waals surface area contributed by atoms with Gasteiger partial charge in [0.15, 0.2) is 5.58 Å². The van der Waals surface area contributed by atoms with E-state index >= 15 is 0 Å². The minimum Gasteiger partial charge on any atom is -0.509 e. The van der Waals surface area contributed by atoms with Gasteiger partial charge in [-0.3, -0.25) is 0 Å². The summed E-state index contributed by atoms with van der Waals surface area (Å²) in [7, 11) is 0. The number of nitrogens with zero attached hydrogens (tertiary/aromatic N) is 4. The van der Waals surface area contributed by atoms with Crippen molar-refractivity contribution in [3.63, 3.8) is 0 Å². The van der Waals surface area contributed by atoms with Crippen LogP contribution in [0.5, 0.6) is 11.5 Å². The first-order chi connectivity index (χ1) is 29.0. The number of ether oxygens (including phenoxy) is 1. The maximum Gasteiger partial charge on any atom is 0.301 e. The minimum atomic E-state index is -2.90. The van der Waals surface area contributed by atoms with Crippen molar-refractivity contribution in [2.24, 2.45) is 5.92 Å². The molecule has 4 aliphatic rings. The Bertz CT molecular complexity index is 2710. The first-order valence-electron chi connectivity index (χ1n) is 21.2. The zero-order chi connectivity index (χ0) is 41.2. The summed E-state index contributed by atoms with van der Waals surface area (Å²) in [5.41, 5.74) is 6.84. The van der Waals surface area contributed by atoms with Gasteiger partial charge < -0.3 is 23.9 Å². The molecule has 0 spiro atoms. The molecular weight excluding hydrogens is 860 g/mol. The molecule has 0 saturated heterocycles. The summed E-state index contributed by atoms with van der Waals surface area (Å²) in [5, 5.41) is 0. The maximum absolute atomic E-state index is 8.53. The first kappa shape index (κ1) is 28.8. The third-order valence-corrected chi connectivity index (χ3v) is 10.5. The smallest absolute Gasteiger partial charge is 0.301 e. The zero-order valence-corrected chi connectivity index (χ0v) is 32.0. The number of aromatic nitrogens is 1. The fraction of sp³-hybridized carbons (Fsp3) is 0.167. The predicted octanol–water partition coefficient (Wildman–Crippen LogP) is 12.0. The molecule has 5 aromatic carbocycles. The largest absolute Gasteiger partial charge is 0.509 e. The van der Waals surface area contributed by atoms with Crippen LogP contribution in [0.25, 0.3) is 16.7 Å². The standard InChI is InChI=1S/C48H39N4O2.Pt/c1-48(2)31-50(47-49-41-23-9-12-26-45(41)54-47)44-30-37(27-28-40(44)48)53-36-20-13-19-35(29-36)51-32-52(43-25-11-10-24-42(43)51)46-38(33-15-5-3-6-16-33)21-14-22-39(46)34-17-7-4-8-18-34;/h3-7,9-17,19-21,23-28,32,39H,8,18,22,31H2,1-2H3;/q-3;/t39-;/m1./s1/i1D3,2D3;. The van der Waals surface area contributed by atoms with Crippen molar-refractivity contribution in [3.8, 4) is 11.5 Å². The summed E-state index contributed by atoms with van der Waals surface area (Å²) in [4.78, 5) is 10.5. The number of rotatable bonds is 7. The molecule has 0 saturated carbocycles. The molecule has 0 unspecified atom stereocenters. The maximum atomic E-state index is 8.53. The molecule has 0 N–H and O–H groups in total. The van der Waals surface area contributed by atoms with Crippen LogP contribution in [0.2, 0.25) is 0 Å². The van der Waals surface area contributed by atoms with E-state index in [0.29, 0.717) is 16.8 Å². The molecule has 7 heteroatoms. The van der Waals surface area contributed by atoms with Crippen LogP contribution in [0, 0.1) is 24.7 Å². The van der Waals surface area contributed by atoms with Gasteiger partial charge in [0.25, 0.3) is 0 Å².